The van der Waals surface area contributed by atoms with Crippen LogP contribution in [0.2, 0.25) is 0 Å². The summed E-state index contributed by atoms with van der Waals surface area (Å²) in [6.07, 6.45) is -3.14. The fourth-order valence-corrected chi connectivity index (χ4v) is 2.60. The zero-order valence-corrected chi connectivity index (χ0v) is 15.2. The van der Waals surface area contributed by atoms with Crippen LogP contribution < -0.4 is 15.8 Å². The fraction of sp³-hybridized carbons (Fsp3) is 0.0526. The van der Waals surface area contributed by atoms with E-state index < -0.39 is 11.7 Å². The van der Waals surface area contributed by atoms with Crippen molar-refractivity contribution in [3.8, 4) is 23.0 Å². The number of nitrogens with zero attached hydrogens (tertiary/aromatic N) is 4. The van der Waals surface area contributed by atoms with Crippen LogP contribution in [0.4, 0.5) is 30.6 Å². The van der Waals surface area contributed by atoms with Gasteiger partial charge in [0.05, 0.1) is 5.56 Å². The number of rotatable bonds is 5. The lowest BCUT2D eigenvalue weighted by molar-refractivity contribution is -0.137. The van der Waals surface area contributed by atoms with E-state index in [4.69, 9.17) is 10.5 Å². The largest absolute Gasteiger partial charge is 0.439 e. The number of ether oxygens (including phenoxy) is 1. The summed E-state index contributed by atoms with van der Waals surface area (Å²) in [5.41, 5.74) is 5.73. The molecule has 2 aromatic heterocycles. The van der Waals surface area contributed by atoms with Crippen molar-refractivity contribution in [1.29, 1.82) is 0 Å². The topological polar surface area (TPSA) is 115 Å². The number of halogens is 3. The summed E-state index contributed by atoms with van der Waals surface area (Å²) >= 11 is 0. The molecule has 0 atom stereocenters. The Morgan fingerprint density at radius 1 is 0.967 bits per heavy atom. The van der Waals surface area contributed by atoms with Crippen LogP contribution in [-0.2, 0) is 6.18 Å². The van der Waals surface area contributed by atoms with Crippen molar-refractivity contribution >= 4 is 17.5 Å². The molecular formula is C19H14F3N7O. The predicted octanol–water partition coefficient (Wildman–Crippen LogP) is 4.40. The van der Waals surface area contributed by atoms with Crippen molar-refractivity contribution < 1.29 is 17.9 Å². The van der Waals surface area contributed by atoms with Crippen LogP contribution in [0.1, 0.15) is 5.56 Å². The Morgan fingerprint density at radius 3 is 2.60 bits per heavy atom. The number of aromatic amines is 1. The Bertz CT molecular complexity index is 1180. The molecule has 0 spiro atoms. The minimum Gasteiger partial charge on any atom is -0.439 e. The van der Waals surface area contributed by atoms with Gasteiger partial charge in [-0.25, -0.2) is 9.97 Å². The van der Waals surface area contributed by atoms with Crippen molar-refractivity contribution in [1.82, 2.24) is 25.1 Å². The monoisotopic (exact) mass is 413 g/mol. The molecule has 0 aliphatic heterocycles. The van der Waals surface area contributed by atoms with Gasteiger partial charge in [-0.15, -0.1) is 10.2 Å². The van der Waals surface area contributed by atoms with Crippen LogP contribution in [-0.4, -0.2) is 25.1 Å². The van der Waals surface area contributed by atoms with Gasteiger partial charge in [0.1, 0.15) is 17.9 Å². The predicted molar refractivity (Wildman–Crippen MR) is 103 cm³/mol. The Balaban J connectivity index is 1.52. The lowest BCUT2D eigenvalue weighted by atomic mass is 10.2. The molecule has 0 radical (unpaired) electrons. The number of nitrogens with one attached hydrogen (secondary N) is 2. The third-order valence-corrected chi connectivity index (χ3v) is 3.93. The van der Waals surface area contributed by atoms with E-state index in [9.17, 15) is 13.2 Å². The first-order chi connectivity index (χ1) is 14.4. The molecule has 0 saturated carbocycles. The van der Waals surface area contributed by atoms with E-state index in [2.05, 4.69) is 30.5 Å². The van der Waals surface area contributed by atoms with E-state index in [-0.39, 0.29) is 23.3 Å². The van der Waals surface area contributed by atoms with Crippen molar-refractivity contribution in [3.05, 3.63) is 66.5 Å². The third kappa shape index (κ3) is 4.46. The average molecular weight is 413 g/mol. The van der Waals surface area contributed by atoms with E-state index in [1.54, 1.807) is 24.3 Å². The normalized spacial score (nSPS) is 11.3. The second kappa shape index (κ2) is 7.70. The second-order valence-electron chi connectivity index (χ2n) is 6.14. The van der Waals surface area contributed by atoms with Crippen LogP contribution >= 0.6 is 0 Å². The third-order valence-electron chi connectivity index (χ3n) is 3.93. The first-order valence-electron chi connectivity index (χ1n) is 8.59. The first-order valence-corrected chi connectivity index (χ1v) is 8.59. The van der Waals surface area contributed by atoms with Crippen molar-refractivity contribution in [2.75, 3.05) is 11.1 Å². The maximum atomic E-state index is 12.9. The number of aromatic nitrogens is 5. The number of hydrogen-bond acceptors (Lipinski definition) is 7. The summed E-state index contributed by atoms with van der Waals surface area (Å²) in [5, 5.41) is 10.7. The van der Waals surface area contributed by atoms with Gasteiger partial charge in [0.2, 0.25) is 11.8 Å². The molecule has 4 aromatic rings. The van der Waals surface area contributed by atoms with Crippen LogP contribution in [0, 0.1) is 0 Å². The Morgan fingerprint density at radius 2 is 1.80 bits per heavy atom. The summed E-state index contributed by atoms with van der Waals surface area (Å²) < 4.78 is 44.2. The van der Waals surface area contributed by atoms with Gasteiger partial charge in [-0.05, 0) is 30.3 Å². The minimum absolute atomic E-state index is 0.194. The molecule has 0 bridgehead atoms. The molecule has 0 amide bonds. The number of benzene rings is 2. The summed E-state index contributed by atoms with van der Waals surface area (Å²) in [5.74, 6) is 1.63. The summed E-state index contributed by atoms with van der Waals surface area (Å²) in [6, 6.07) is 13.2. The molecular weight excluding hydrogens is 399 g/mol. The lowest BCUT2D eigenvalue weighted by Gasteiger charge is -2.08. The molecule has 0 aliphatic rings. The number of anilines is 3. The summed E-state index contributed by atoms with van der Waals surface area (Å²) in [4.78, 5) is 10.7. The average Bonchev–Trinajstić information content (AvgIpc) is 3.16. The van der Waals surface area contributed by atoms with Gasteiger partial charge in [-0.1, -0.05) is 18.2 Å². The quantitative estimate of drug-likeness (QED) is 0.444. The Hall–Kier alpha value is -4.15. The molecule has 8 nitrogen and oxygen atoms in total. The number of alkyl halides is 3. The SMILES string of the molecule is Nc1cc(Oc2cccc(-c3nnc(Nc4cccc(C(F)(F)F)c4)[nH]3)c2)ncn1. The fourth-order valence-electron chi connectivity index (χ4n) is 2.60. The highest BCUT2D eigenvalue weighted by molar-refractivity contribution is 5.61. The maximum Gasteiger partial charge on any atom is 0.416 e. The highest BCUT2D eigenvalue weighted by Crippen LogP contribution is 2.31. The molecule has 0 aliphatic carbocycles. The second-order valence-corrected chi connectivity index (χ2v) is 6.14. The van der Waals surface area contributed by atoms with Gasteiger partial charge in [0.15, 0.2) is 5.82 Å². The van der Waals surface area contributed by atoms with Gasteiger partial charge in [0, 0.05) is 17.3 Å². The molecule has 4 rings (SSSR count). The lowest BCUT2D eigenvalue weighted by Crippen LogP contribution is -2.05. The molecule has 0 saturated heterocycles. The van der Waals surface area contributed by atoms with E-state index in [1.807, 2.05) is 0 Å². The Kier molecular flexibility index (Phi) is 4.92. The van der Waals surface area contributed by atoms with E-state index in [0.29, 0.717) is 17.1 Å². The van der Waals surface area contributed by atoms with Crippen LogP contribution in [0.5, 0.6) is 11.6 Å². The molecule has 30 heavy (non-hydrogen) atoms. The number of H-pyrrole nitrogens is 1. The molecule has 4 N–H and O–H groups in total. The zero-order chi connectivity index (χ0) is 21.1. The zero-order valence-electron chi connectivity index (χ0n) is 15.2. The summed E-state index contributed by atoms with van der Waals surface area (Å²) in [6.45, 7) is 0. The van der Waals surface area contributed by atoms with E-state index in [0.717, 1.165) is 12.1 Å². The smallest absolute Gasteiger partial charge is 0.416 e. The van der Waals surface area contributed by atoms with Crippen LogP contribution in [0.3, 0.4) is 0 Å². The molecule has 0 unspecified atom stereocenters. The maximum absolute atomic E-state index is 12.9. The molecule has 11 heteroatoms. The summed E-state index contributed by atoms with van der Waals surface area (Å²) in [7, 11) is 0. The first kappa shape index (κ1) is 19.2. The van der Waals surface area contributed by atoms with Gasteiger partial charge in [-0.3, -0.25) is 0 Å². The van der Waals surface area contributed by atoms with Crippen LogP contribution in [0.25, 0.3) is 11.4 Å². The molecule has 0 fully saturated rings. The number of hydrogen-bond donors (Lipinski definition) is 3. The van der Waals surface area contributed by atoms with Gasteiger partial charge in [-0.2, -0.15) is 13.2 Å². The van der Waals surface area contributed by atoms with Gasteiger partial charge in [0.25, 0.3) is 0 Å². The molecule has 2 heterocycles. The highest BCUT2D eigenvalue weighted by atomic mass is 19.4. The minimum atomic E-state index is -4.43. The highest BCUT2D eigenvalue weighted by Gasteiger charge is 2.30. The number of nitrogens with two attached hydrogens (primary N) is 1. The van der Waals surface area contributed by atoms with Crippen molar-refractivity contribution in [2.24, 2.45) is 0 Å². The standard InChI is InChI=1S/C19H14F3N7O/c20-19(21,22)12-4-2-5-13(8-12)26-18-27-17(28-29-18)11-3-1-6-14(7-11)30-16-9-15(23)24-10-25-16/h1-10H,(H2,23,24,25)(H2,26,27,28,29). The van der Waals surface area contributed by atoms with E-state index in [1.165, 1.54) is 24.5 Å². The van der Waals surface area contributed by atoms with Crippen molar-refractivity contribution in [2.45, 2.75) is 6.18 Å². The van der Waals surface area contributed by atoms with Crippen LogP contribution in [0.15, 0.2) is 60.9 Å². The molecule has 2 aromatic carbocycles. The molecule has 152 valence electrons. The van der Waals surface area contributed by atoms with Crippen molar-refractivity contribution in [3.63, 3.8) is 0 Å². The number of nitrogen functional groups attached to an aromatic ring is 1. The van der Waals surface area contributed by atoms with Gasteiger partial charge < -0.3 is 20.8 Å². The van der Waals surface area contributed by atoms with E-state index >= 15 is 0 Å². The Labute approximate surface area is 168 Å². The van der Waals surface area contributed by atoms with Gasteiger partial charge >= 0.3 is 6.18 Å².